The number of anilines is 2. The molecule has 2 aromatic carbocycles. The Morgan fingerprint density at radius 2 is 1.88 bits per heavy atom. The SMILES string of the molecule is C=S(=O)(Cc1ccccc1)Nc1ccc(-c2cc(C(C)C)c3nc(N[C@@H]4CNC[C@H](C(F)F)C4)ncc3n2)cc1F. The summed E-state index contributed by atoms with van der Waals surface area (Å²) in [6.07, 6.45) is -0.466. The van der Waals surface area contributed by atoms with Gasteiger partial charge in [0, 0.05) is 40.3 Å². The van der Waals surface area contributed by atoms with Gasteiger partial charge in [0.1, 0.15) is 11.3 Å². The average molecular weight is 583 g/mol. The summed E-state index contributed by atoms with van der Waals surface area (Å²) in [6, 6.07) is 15.5. The van der Waals surface area contributed by atoms with Crippen LogP contribution in [-0.2, 0) is 15.5 Å². The van der Waals surface area contributed by atoms with E-state index in [9.17, 15) is 13.0 Å². The van der Waals surface area contributed by atoms with E-state index in [-0.39, 0.29) is 29.9 Å². The quantitative estimate of drug-likeness (QED) is 0.215. The van der Waals surface area contributed by atoms with E-state index in [1.165, 1.54) is 12.1 Å². The van der Waals surface area contributed by atoms with Crippen LogP contribution in [0.3, 0.4) is 0 Å². The minimum absolute atomic E-state index is 0.0705. The van der Waals surface area contributed by atoms with E-state index in [1.807, 2.05) is 50.2 Å². The molecule has 0 amide bonds. The van der Waals surface area contributed by atoms with E-state index < -0.39 is 27.9 Å². The first-order valence-electron chi connectivity index (χ1n) is 13.5. The number of hydrogen-bond donors (Lipinski definition) is 3. The second-order valence-electron chi connectivity index (χ2n) is 10.7. The van der Waals surface area contributed by atoms with Gasteiger partial charge < -0.3 is 15.4 Å². The topological polar surface area (TPSA) is 91.8 Å². The zero-order valence-electron chi connectivity index (χ0n) is 22.9. The van der Waals surface area contributed by atoms with Crippen LogP contribution >= 0.6 is 0 Å². The van der Waals surface area contributed by atoms with Crippen molar-refractivity contribution in [3.63, 3.8) is 0 Å². The standard InChI is InChI=1S/C30H33F3N6OS/c1-18(2)23-13-26(20-9-10-25(24(31)12-20)39-41(3,40)17-19-7-5-4-6-8-19)37-27-16-35-30(38-28(23)27)36-22-11-21(29(32)33)14-34-15-22/h4-10,12-13,16,18,21-22,29,34H,3,11,14-15,17H2,1-2H3,(H,39,40)(H,35,36,38)/t21-,22+,41?/m1/s1. The van der Waals surface area contributed by atoms with Gasteiger partial charge in [0.05, 0.1) is 28.8 Å². The highest BCUT2D eigenvalue weighted by Crippen LogP contribution is 2.31. The van der Waals surface area contributed by atoms with Gasteiger partial charge in [-0.25, -0.2) is 32.3 Å². The molecule has 216 valence electrons. The highest BCUT2D eigenvalue weighted by atomic mass is 32.2. The molecule has 11 heteroatoms. The average Bonchev–Trinajstić information content (AvgIpc) is 2.94. The van der Waals surface area contributed by atoms with Gasteiger partial charge in [0.15, 0.2) is 0 Å². The van der Waals surface area contributed by atoms with Gasteiger partial charge in [-0.2, -0.15) is 0 Å². The number of halogens is 3. The van der Waals surface area contributed by atoms with Gasteiger partial charge in [-0.05, 0) is 47.5 Å². The van der Waals surface area contributed by atoms with Gasteiger partial charge in [-0.1, -0.05) is 50.2 Å². The molecule has 1 fully saturated rings. The summed E-state index contributed by atoms with van der Waals surface area (Å²) in [6.45, 7) is 4.89. The molecule has 1 aliphatic rings. The summed E-state index contributed by atoms with van der Waals surface area (Å²) >= 11 is 0. The molecule has 0 bridgehead atoms. The van der Waals surface area contributed by atoms with E-state index in [1.54, 1.807) is 12.3 Å². The monoisotopic (exact) mass is 582 g/mol. The summed E-state index contributed by atoms with van der Waals surface area (Å²) in [7, 11) is -2.83. The third-order valence-corrected chi connectivity index (χ3v) is 8.47. The molecule has 3 heterocycles. The summed E-state index contributed by atoms with van der Waals surface area (Å²) in [5.74, 6) is 3.08. The zero-order chi connectivity index (χ0) is 29.1. The predicted octanol–water partition coefficient (Wildman–Crippen LogP) is 5.85. The molecule has 1 unspecified atom stereocenters. The second kappa shape index (κ2) is 12.0. The number of nitrogens with one attached hydrogen (secondary N) is 3. The van der Waals surface area contributed by atoms with Crippen LogP contribution in [0.25, 0.3) is 22.3 Å². The van der Waals surface area contributed by atoms with Gasteiger partial charge >= 0.3 is 0 Å². The molecular weight excluding hydrogens is 549 g/mol. The normalized spacial score (nSPS) is 18.9. The van der Waals surface area contributed by atoms with Crippen molar-refractivity contribution in [1.29, 1.82) is 0 Å². The van der Waals surface area contributed by atoms with E-state index in [2.05, 4.69) is 31.2 Å². The molecule has 0 spiro atoms. The van der Waals surface area contributed by atoms with Crippen LogP contribution < -0.4 is 15.4 Å². The van der Waals surface area contributed by atoms with Crippen LogP contribution in [0.1, 0.15) is 37.3 Å². The van der Waals surface area contributed by atoms with Crippen LogP contribution in [0.4, 0.5) is 24.8 Å². The molecular formula is C30H33F3N6OS. The van der Waals surface area contributed by atoms with Crippen molar-refractivity contribution < 1.29 is 17.4 Å². The molecule has 5 rings (SSSR count). The maximum absolute atomic E-state index is 15.2. The Kier molecular flexibility index (Phi) is 8.46. The Hall–Kier alpha value is -3.70. The van der Waals surface area contributed by atoms with Crippen LogP contribution in [0.5, 0.6) is 0 Å². The Bertz CT molecular complexity index is 1630. The third-order valence-electron chi connectivity index (χ3n) is 7.08. The van der Waals surface area contributed by atoms with Gasteiger partial charge in [0.2, 0.25) is 12.4 Å². The van der Waals surface area contributed by atoms with Crippen molar-refractivity contribution in [2.75, 3.05) is 23.1 Å². The summed E-state index contributed by atoms with van der Waals surface area (Å²) in [5.41, 5.74) is 4.11. The van der Waals surface area contributed by atoms with Crippen molar-refractivity contribution in [3.05, 3.63) is 77.7 Å². The summed E-state index contributed by atoms with van der Waals surface area (Å²) in [4.78, 5) is 13.8. The summed E-state index contributed by atoms with van der Waals surface area (Å²) < 4.78 is 57.4. The molecule has 0 radical (unpaired) electrons. The van der Waals surface area contributed by atoms with Crippen LogP contribution in [0.15, 0.2) is 60.8 Å². The van der Waals surface area contributed by atoms with E-state index >= 15 is 4.39 Å². The first-order chi connectivity index (χ1) is 19.6. The van der Waals surface area contributed by atoms with Crippen molar-refractivity contribution in [1.82, 2.24) is 20.3 Å². The fraction of sp³-hybridized carbons (Fsp3) is 0.333. The molecule has 3 N–H and O–H groups in total. The lowest BCUT2D eigenvalue weighted by Crippen LogP contribution is -2.45. The number of nitrogens with zero attached hydrogens (tertiary/aromatic N) is 3. The maximum Gasteiger partial charge on any atom is 0.242 e. The van der Waals surface area contributed by atoms with Gasteiger partial charge in [-0.15, -0.1) is 0 Å². The van der Waals surface area contributed by atoms with Crippen LogP contribution in [0, 0.1) is 11.7 Å². The number of alkyl halides is 2. The lowest BCUT2D eigenvalue weighted by Gasteiger charge is -2.30. The molecule has 0 saturated carbocycles. The van der Waals surface area contributed by atoms with Crippen molar-refractivity contribution in [2.45, 2.75) is 44.4 Å². The minimum atomic E-state index is -2.83. The molecule has 1 saturated heterocycles. The highest BCUT2D eigenvalue weighted by molar-refractivity contribution is 8.00. The van der Waals surface area contributed by atoms with Crippen molar-refractivity contribution in [2.24, 2.45) is 5.92 Å². The van der Waals surface area contributed by atoms with Crippen LogP contribution in [0.2, 0.25) is 0 Å². The number of hydrogen-bond acceptors (Lipinski definition) is 6. The van der Waals surface area contributed by atoms with Crippen molar-refractivity contribution >= 4 is 38.2 Å². The third kappa shape index (κ3) is 6.97. The van der Waals surface area contributed by atoms with E-state index in [4.69, 9.17) is 4.98 Å². The van der Waals surface area contributed by atoms with Crippen LogP contribution in [-0.4, -0.2) is 50.6 Å². The number of aromatic nitrogens is 3. The Morgan fingerprint density at radius 1 is 1.10 bits per heavy atom. The lowest BCUT2D eigenvalue weighted by molar-refractivity contribution is 0.0606. The number of fused-ring (bicyclic) bond motifs is 1. The molecule has 4 aromatic rings. The number of piperidine rings is 1. The maximum atomic E-state index is 15.2. The van der Waals surface area contributed by atoms with E-state index in [0.29, 0.717) is 41.2 Å². The summed E-state index contributed by atoms with van der Waals surface area (Å²) in [5, 5.41) is 6.23. The first-order valence-corrected chi connectivity index (χ1v) is 15.4. The molecule has 0 aliphatic carbocycles. The molecule has 1 aliphatic heterocycles. The minimum Gasteiger partial charge on any atom is -0.350 e. The van der Waals surface area contributed by atoms with Crippen molar-refractivity contribution in [3.8, 4) is 11.3 Å². The largest absolute Gasteiger partial charge is 0.350 e. The highest BCUT2D eigenvalue weighted by Gasteiger charge is 2.28. The smallest absolute Gasteiger partial charge is 0.242 e. The Morgan fingerprint density at radius 3 is 2.59 bits per heavy atom. The molecule has 41 heavy (non-hydrogen) atoms. The lowest BCUT2D eigenvalue weighted by atomic mass is 9.96. The predicted molar refractivity (Wildman–Crippen MR) is 160 cm³/mol. The zero-order valence-corrected chi connectivity index (χ0v) is 23.7. The Labute approximate surface area is 238 Å². The van der Waals surface area contributed by atoms with E-state index in [0.717, 1.165) is 11.1 Å². The number of rotatable bonds is 9. The molecule has 2 aromatic heterocycles. The first kappa shape index (κ1) is 28.8. The fourth-order valence-corrected chi connectivity index (χ4v) is 6.37. The molecule has 3 atom stereocenters. The number of benzene rings is 2. The van der Waals surface area contributed by atoms with Gasteiger partial charge in [-0.3, -0.25) is 0 Å². The fourth-order valence-electron chi connectivity index (χ4n) is 5.00. The number of pyridine rings is 1. The molecule has 7 nitrogen and oxygen atoms in total. The second-order valence-corrected chi connectivity index (χ2v) is 12.9. The Balaban J connectivity index is 1.39. The van der Waals surface area contributed by atoms with Gasteiger partial charge in [0.25, 0.3) is 0 Å².